The fourth-order valence-corrected chi connectivity index (χ4v) is 2.49. The van der Waals surface area contributed by atoms with Crippen LogP contribution in [0.3, 0.4) is 0 Å². The molecule has 1 saturated heterocycles. The predicted octanol–water partition coefficient (Wildman–Crippen LogP) is 1.59. The number of carbonyl (C=O) groups excluding carboxylic acids is 1. The van der Waals surface area contributed by atoms with Crippen LogP contribution in [0.15, 0.2) is 18.7 Å². The lowest BCUT2D eigenvalue weighted by atomic mass is 10.1. The van der Waals surface area contributed by atoms with Gasteiger partial charge in [0.2, 0.25) is 5.91 Å². The molecule has 0 aliphatic carbocycles. The number of alkyl halides is 3. The van der Waals surface area contributed by atoms with Gasteiger partial charge < -0.3 is 14.8 Å². The molecule has 1 aliphatic heterocycles. The Morgan fingerprint density at radius 3 is 2.90 bits per heavy atom. The number of amides is 1. The van der Waals surface area contributed by atoms with Crippen molar-refractivity contribution in [3.05, 3.63) is 18.7 Å². The third kappa shape index (κ3) is 5.04. The molecule has 0 aromatic carbocycles. The van der Waals surface area contributed by atoms with Crippen molar-refractivity contribution < 1.29 is 18.0 Å². The van der Waals surface area contributed by atoms with E-state index in [0.717, 1.165) is 12.8 Å². The molecule has 5 nitrogen and oxygen atoms in total. The van der Waals surface area contributed by atoms with Crippen LogP contribution >= 0.6 is 0 Å². The van der Waals surface area contributed by atoms with Crippen LogP contribution < -0.4 is 5.32 Å². The Balaban J connectivity index is 1.74. The summed E-state index contributed by atoms with van der Waals surface area (Å²) in [5.74, 6) is -0.102. The Bertz CT molecular complexity index is 447. The average molecular weight is 304 g/mol. The quantitative estimate of drug-likeness (QED) is 0.841. The van der Waals surface area contributed by atoms with Crippen molar-refractivity contribution >= 4 is 5.91 Å². The van der Waals surface area contributed by atoms with Crippen LogP contribution in [-0.4, -0.2) is 52.7 Å². The van der Waals surface area contributed by atoms with Crippen LogP contribution in [0.5, 0.6) is 0 Å². The number of likely N-dealkylation sites (tertiary alicyclic amines) is 1. The highest BCUT2D eigenvalue weighted by Gasteiger charge is 2.27. The number of hydrogen-bond acceptors (Lipinski definition) is 3. The summed E-state index contributed by atoms with van der Waals surface area (Å²) in [6.07, 6.45) is 3.01. The molecule has 1 N–H and O–H groups in total. The van der Waals surface area contributed by atoms with Gasteiger partial charge in [0.05, 0.1) is 18.9 Å². The minimum absolute atomic E-state index is 0.0462. The summed E-state index contributed by atoms with van der Waals surface area (Å²) in [5, 5.41) is 2.25. The van der Waals surface area contributed by atoms with E-state index in [1.54, 1.807) is 17.4 Å². The van der Waals surface area contributed by atoms with Gasteiger partial charge >= 0.3 is 6.18 Å². The van der Waals surface area contributed by atoms with E-state index in [0.29, 0.717) is 13.1 Å². The Hall–Kier alpha value is -1.57. The van der Waals surface area contributed by atoms with E-state index in [2.05, 4.69) is 10.3 Å². The van der Waals surface area contributed by atoms with E-state index < -0.39 is 12.7 Å². The average Bonchev–Trinajstić information content (AvgIpc) is 2.96. The van der Waals surface area contributed by atoms with Crippen molar-refractivity contribution in [3.63, 3.8) is 0 Å². The first-order valence-electron chi connectivity index (χ1n) is 6.98. The summed E-state index contributed by atoms with van der Waals surface area (Å²) in [6, 6.07) is 0.202. The first-order chi connectivity index (χ1) is 9.96. The smallest absolute Gasteiger partial charge is 0.341 e. The fraction of sp³-hybridized carbons (Fsp3) is 0.692. The van der Waals surface area contributed by atoms with Crippen molar-refractivity contribution in [2.75, 3.05) is 26.2 Å². The predicted molar refractivity (Wildman–Crippen MR) is 70.6 cm³/mol. The highest BCUT2D eigenvalue weighted by Crippen LogP contribution is 2.21. The van der Waals surface area contributed by atoms with Gasteiger partial charge in [0.25, 0.3) is 0 Å². The largest absolute Gasteiger partial charge is 0.401 e. The van der Waals surface area contributed by atoms with Gasteiger partial charge in [-0.15, -0.1) is 0 Å². The number of imidazole rings is 1. The van der Waals surface area contributed by atoms with Crippen LogP contribution in [-0.2, 0) is 4.79 Å². The number of nitrogens with zero attached hydrogens (tertiary/aromatic N) is 3. The Morgan fingerprint density at radius 1 is 1.43 bits per heavy atom. The van der Waals surface area contributed by atoms with Gasteiger partial charge in [-0.05, 0) is 12.8 Å². The molecular weight excluding hydrogens is 285 g/mol. The molecule has 0 saturated carbocycles. The van der Waals surface area contributed by atoms with Gasteiger partial charge in [0.1, 0.15) is 0 Å². The van der Waals surface area contributed by atoms with Crippen molar-refractivity contribution in [1.82, 2.24) is 19.8 Å². The molecule has 1 unspecified atom stereocenters. The number of halogens is 3. The molecule has 1 aliphatic rings. The Morgan fingerprint density at radius 2 is 2.24 bits per heavy atom. The van der Waals surface area contributed by atoms with Crippen molar-refractivity contribution in [2.45, 2.75) is 31.5 Å². The van der Waals surface area contributed by atoms with E-state index >= 15 is 0 Å². The highest BCUT2D eigenvalue weighted by atomic mass is 19.4. The molecule has 118 valence electrons. The number of nitrogens with one attached hydrogen (secondary N) is 1. The summed E-state index contributed by atoms with van der Waals surface area (Å²) in [6.45, 7) is 0.250. The molecule has 2 heterocycles. The third-order valence-corrected chi connectivity index (χ3v) is 3.54. The molecule has 1 atom stereocenters. The number of rotatable bonds is 5. The third-order valence-electron chi connectivity index (χ3n) is 3.54. The SMILES string of the molecule is O=C(CCNCC(F)(F)F)N1CCCC(n2ccnc2)C1. The summed E-state index contributed by atoms with van der Waals surface area (Å²) < 4.78 is 37.9. The molecule has 1 aromatic heterocycles. The summed E-state index contributed by atoms with van der Waals surface area (Å²) in [4.78, 5) is 17.7. The molecule has 1 fully saturated rings. The molecule has 21 heavy (non-hydrogen) atoms. The lowest BCUT2D eigenvalue weighted by molar-refractivity contribution is -0.134. The minimum atomic E-state index is -4.24. The Labute approximate surface area is 121 Å². The van der Waals surface area contributed by atoms with Crippen LogP contribution in [0, 0.1) is 0 Å². The summed E-state index contributed by atoms with van der Waals surface area (Å²) in [7, 11) is 0. The second kappa shape index (κ2) is 6.93. The molecule has 1 aromatic rings. The van der Waals surface area contributed by atoms with Gasteiger partial charge in [-0.2, -0.15) is 13.2 Å². The molecule has 1 amide bonds. The van der Waals surface area contributed by atoms with Crippen molar-refractivity contribution in [3.8, 4) is 0 Å². The van der Waals surface area contributed by atoms with Gasteiger partial charge in [0.15, 0.2) is 0 Å². The van der Waals surface area contributed by atoms with Crippen molar-refractivity contribution in [2.24, 2.45) is 0 Å². The number of aromatic nitrogens is 2. The van der Waals surface area contributed by atoms with Crippen LogP contribution in [0.2, 0.25) is 0 Å². The normalized spacial score (nSPS) is 19.8. The second-order valence-corrected chi connectivity index (χ2v) is 5.19. The van der Waals surface area contributed by atoms with E-state index in [1.807, 2.05) is 10.8 Å². The van der Waals surface area contributed by atoms with E-state index in [9.17, 15) is 18.0 Å². The molecule has 0 bridgehead atoms. The summed E-state index contributed by atoms with van der Waals surface area (Å²) >= 11 is 0. The number of piperidine rings is 1. The fourth-order valence-electron chi connectivity index (χ4n) is 2.49. The molecule has 0 spiro atoms. The van der Waals surface area contributed by atoms with Crippen LogP contribution in [0.4, 0.5) is 13.2 Å². The maximum Gasteiger partial charge on any atom is 0.401 e. The zero-order chi connectivity index (χ0) is 15.3. The lowest BCUT2D eigenvalue weighted by Gasteiger charge is -2.33. The van der Waals surface area contributed by atoms with E-state index in [-0.39, 0.29) is 24.9 Å². The van der Waals surface area contributed by atoms with E-state index in [4.69, 9.17) is 0 Å². The van der Waals surface area contributed by atoms with Gasteiger partial charge in [-0.1, -0.05) is 0 Å². The van der Waals surface area contributed by atoms with E-state index in [1.165, 1.54) is 0 Å². The minimum Gasteiger partial charge on any atom is -0.341 e. The topological polar surface area (TPSA) is 50.2 Å². The molecule has 2 rings (SSSR count). The van der Waals surface area contributed by atoms with Gasteiger partial charge in [0, 0.05) is 38.4 Å². The number of carbonyl (C=O) groups is 1. The maximum atomic E-state index is 12.0. The molecular formula is C13H19F3N4O. The molecule has 8 heteroatoms. The first-order valence-corrected chi connectivity index (χ1v) is 6.98. The zero-order valence-electron chi connectivity index (χ0n) is 11.6. The number of hydrogen-bond donors (Lipinski definition) is 1. The Kier molecular flexibility index (Phi) is 5.22. The lowest BCUT2D eigenvalue weighted by Crippen LogP contribution is -2.41. The molecule has 0 radical (unpaired) electrons. The first kappa shape index (κ1) is 15.8. The van der Waals surface area contributed by atoms with Gasteiger partial charge in [-0.25, -0.2) is 4.98 Å². The maximum absolute atomic E-state index is 12.0. The second-order valence-electron chi connectivity index (χ2n) is 5.19. The van der Waals surface area contributed by atoms with Crippen LogP contribution in [0.1, 0.15) is 25.3 Å². The summed E-state index contributed by atoms with van der Waals surface area (Å²) in [5.41, 5.74) is 0. The standard InChI is InChI=1S/C13H19F3N4O/c14-13(15,16)9-17-4-3-12(21)19-6-1-2-11(8-19)20-7-5-18-10-20/h5,7,10-11,17H,1-4,6,8-9H2. The monoisotopic (exact) mass is 304 g/mol. The van der Waals surface area contributed by atoms with Crippen molar-refractivity contribution in [1.29, 1.82) is 0 Å². The van der Waals surface area contributed by atoms with Gasteiger partial charge in [-0.3, -0.25) is 4.79 Å². The highest BCUT2D eigenvalue weighted by molar-refractivity contribution is 5.76. The zero-order valence-corrected chi connectivity index (χ0v) is 11.6. The van der Waals surface area contributed by atoms with Crippen LogP contribution in [0.25, 0.3) is 0 Å².